The molecule has 6 heteroatoms. The van der Waals surface area contributed by atoms with Crippen LogP contribution in [0, 0.1) is 5.92 Å². The lowest BCUT2D eigenvalue weighted by Crippen LogP contribution is -2.31. The number of hydrogen-bond donors (Lipinski definition) is 1. The van der Waals surface area contributed by atoms with Gasteiger partial charge in [0.2, 0.25) is 0 Å². The smallest absolute Gasteiger partial charge is 0.352 e. The van der Waals surface area contributed by atoms with E-state index in [1.54, 1.807) is 0 Å². The Bertz CT molecular complexity index is 554. The van der Waals surface area contributed by atoms with E-state index < -0.39 is 17.6 Å². The fraction of sp³-hybridized carbons (Fsp3) is 0.400. The summed E-state index contributed by atoms with van der Waals surface area (Å²) in [4.78, 5) is 12.0. The number of nitrogens with one attached hydrogen (secondary N) is 1. The van der Waals surface area contributed by atoms with Crippen molar-refractivity contribution in [1.82, 2.24) is 5.32 Å². The molecule has 0 spiro atoms. The van der Waals surface area contributed by atoms with Crippen molar-refractivity contribution in [2.45, 2.75) is 25.4 Å². The van der Waals surface area contributed by atoms with E-state index in [0.29, 0.717) is 16.9 Å². The van der Waals surface area contributed by atoms with Crippen molar-refractivity contribution >= 4 is 21.8 Å². The molecule has 1 amide bonds. The van der Waals surface area contributed by atoms with Crippen LogP contribution in [0.25, 0.3) is 0 Å². The maximum absolute atomic E-state index is 13.0. The van der Waals surface area contributed by atoms with Crippen LogP contribution in [0.2, 0.25) is 0 Å². The summed E-state index contributed by atoms with van der Waals surface area (Å²) in [6.45, 7) is 0.399. The second kappa shape index (κ2) is 6.64. The van der Waals surface area contributed by atoms with E-state index in [-0.39, 0.29) is 5.56 Å². The highest BCUT2D eigenvalue weighted by molar-refractivity contribution is 9.10. The highest BCUT2D eigenvalue weighted by Gasteiger charge is 2.35. The minimum Gasteiger partial charge on any atom is -0.352 e. The van der Waals surface area contributed by atoms with E-state index in [4.69, 9.17) is 0 Å². The Hall–Kier alpha value is -1.30. The van der Waals surface area contributed by atoms with Crippen molar-refractivity contribution in [2.24, 2.45) is 5.92 Å². The average Bonchev–Trinajstić information content (AvgIpc) is 2.45. The Morgan fingerprint density at radius 1 is 1.33 bits per heavy atom. The molecular weight excluding hydrogens is 347 g/mol. The molecule has 114 valence electrons. The van der Waals surface area contributed by atoms with Crippen LogP contribution in [0.4, 0.5) is 13.2 Å². The van der Waals surface area contributed by atoms with Gasteiger partial charge in [-0.3, -0.25) is 4.79 Å². The van der Waals surface area contributed by atoms with Crippen molar-refractivity contribution in [1.29, 1.82) is 0 Å². The molecule has 0 aromatic heterocycles. The molecule has 0 heterocycles. The maximum atomic E-state index is 13.0. The van der Waals surface area contributed by atoms with Crippen molar-refractivity contribution in [2.75, 3.05) is 6.54 Å². The number of allylic oxidation sites excluding steroid dienone is 2. The first kappa shape index (κ1) is 16.1. The fourth-order valence-electron chi connectivity index (χ4n) is 2.32. The highest BCUT2D eigenvalue weighted by Crippen LogP contribution is 2.33. The predicted molar refractivity (Wildman–Crippen MR) is 78.0 cm³/mol. The average molecular weight is 362 g/mol. The van der Waals surface area contributed by atoms with E-state index in [1.807, 2.05) is 6.08 Å². The van der Waals surface area contributed by atoms with Gasteiger partial charge in [-0.25, -0.2) is 0 Å². The number of rotatable bonds is 3. The lowest BCUT2D eigenvalue weighted by molar-refractivity contribution is -0.138. The van der Waals surface area contributed by atoms with Crippen molar-refractivity contribution in [3.8, 4) is 0 Å². The molecule has 1 aromatic rings. The Kier molecular flexibility index (Phi) is 5.08. The molecule has 2 rings (SSSR count). The number of alkyl halides is 3. The molecule has 2 nitrogen and oxygen atoms in total. The molecule has 1 unspecified atom stereocenters. The third kappa shape index (κ3) is 4.33. The molecule has 0 aliphatic heterocycles. The van der Waals surface area contributed by atoms with E-state index in [0.717, 1.165) is 25.3 Å². The Morgan fingerprint density at radius 3 is 2.71 bits per heavy atom. The molecule has 0 bridgehead atoms. The molecular formula is C15H15BrF3NO. The molecule has 1 aliphatic carbocycles. The molecule has 21 heavy (non-hydrogen) atoms. The van der Waals surface area contributed by atoms with Crippen molar-refractivity contribution in [3.05, 3.63) is 46.0 Å². The first-order chi connectivity index (χ1) is 9.88. The van der Waals surface area contributed by atoms with Crippen LogP contribution in [0.15, 0.2) is 34.8 Å². The molecule has 1 N–H and O–H groups in total. The first-order valence-electron chi connectivity index (χ1n) is 6.68. The lowest BCUT2D eigenvalue weighted by atomic mass is 9.94. The van der Waals surface area contributed by atoms with Crippen LogP contribution in [-0.4, -0.2) is 12.5 Å². The second-order valence-electron chi connectivity index (χ2n) is 5.05. The highest BCUT2D eigenvalue weighted by atomic mass is 79.9. The van der Waals surface area contributed by atoms with Gasteiger partial charge >= 0.3 is 6.18 Å². The van der Waals surface area contributed by atoms with Gasteiger partial charge in [0.1, 0.15) is 0 Å². The van der Waals surface area contributed by atoms with Gasteiger partial charge < -0.3 is 5.32 Å². The van der Waals surface area contributed by atoms with Gasteiger partial charge in [-0.15, -0.1) is 0 Å². The summed E-state index contributed by atoms with van der Waals surface area (Å²) in [6, 6.07) is 3.56. The summed E-state index contributed by atoms with van der Waals surface area (Å²) in [5.41, 5.74) is -1.25. The molecule has 1 atom stereocenters. The number of halogens is 4. The third-order valence-corrected chi connectivity index (χ3v) is 3.95. The standard InChI is InChI=1S/C15H15BrF3NO/c16-11-6-7-12(13(8-11)15(17,18)19)14(21)20-9-10-4-2-1-3-5-10/h1-2,6-8,10H,3-5,9H2,(H,20,21). The van der Waals surface area contributed by atoms with Crippen LogP contribution in [0.5, 0.6) is 0 Å². The SMILES string of the molecule is O=C(NCC1CC=CCC1)c1ccc(Br)cc1C(F)(F)F. The fourth-order valence-corrected chi connectivity index (χ4v) is 2.68. The van der Waals surface area contributed by atoms with Gasteiger partial charge in [0.25, 0.3) is 5.91 Å². The zero-order valence-corrected chi connectivity index (χ0v) is 12.8. The Labute approximate surface area is 129 Å². The summed E-state index contributed by atoms with van der Waals surface area (Å²) >= 11 is 3.00. The number of benzene rings is 1. The largest absolute Gasteiger partial charge is 0.417 e. The molecule has 1 aromatic carbocycles. The summed E-state index contributed by atoms with van der Waals surface area (Å²) in [7, 11) is 0. The van der Waals surface area contributed by atoms with Crippen molar-refractivity contribution < 1.29 is 18.0 Å². The molecule has 0 fully saturated rings. The zero-order valence-electron chi connectivity index (χ0n) is 11.2. The van der Waals surface area contributed by atoms with Gasteiger partial charge in [-0.05, 0) is 43.4 Å². The van der Waals surface area contributed by atoms with Gasteiger partial charge in [0.05, 0.1) is 11.1 Å². The van der Waals surface area contributed by atoms with Crippen LogP contribution in [0.3, 0.4) is 0 Å². The molecule has 1 aliphatic rings. The van der Waals surface area contributed by atoms with Crippen LogP contribution in [0.1, 0.15) is 35.2 Å². The van der Waals surface area contributed by atoms with Crippen LogP contribution in [-0.2, 0) is 6.18 Å². The Morgan fingerprint density at radius 2 is 2.10 bits per heavy atom. The topological polar surface area (TPSA) is 29.1 Å². The quantitative estimate of drug-likeness (QED) is 0.786. The maximum Gasteiger partial charge on any atom is 0.417 e. The van der Waals surface area contributed by atoms with E-state index in [2.05, 4.69) is 27.3 Å². The van der Waals surface area contributed by atoms with Gasteiger partial charge in [-0.2, -0.15) is 13.2 Å². The molecule has 0 radical (unpaired) electrons. The predicted octanol–water partition coefficient (Wildman–Crippen LogP) is 4.55. The Balaban J connectivity index is 2.10. The number of amides is 1. The van der Waals surface area contributed by atoms with Crippen LogP contribution >= 0.6 is 15.9 Å². The first-order valence-corrected chi connectivity index (χ1v) is 7.47. The zero-order chi connectivity index (χ0) is 15.5. The summed E-state index contributed by atoms with van der Waals surface area (Å²) in [5, 5.41) is 2.61. The third-order valence-electron chi connectivity index (χ3n) is 3.46. The monoisotopic (exact) mass is 361 g/mol. The van der Waals surface area contributed by atoms with Gasteiger partial charge in [-0.1, -0.05) is 28.1 Å². The number of carbonyl (C=O) groups excluding carboxylic acids is 1. The van der Waals surface area contributed by atoms with Gasteiger partial charge in [0, 0.05) is 11.0 Å². The minimum atomic E-state index is -4.55. The molecule has 0 saturated carbocycles. The van der Waals surface area contributed by atoms with E-state index in [1.165, 1.54) is 12.1 Å². The summed E-state index contributed by atoms with van der Waals surface area (Å²) < 4.78 is 39.2. The normalized spacial score (nSPS) is 18.6. The van der Waals surface area contributed by atoms with E-state index in [9.17, 15) is 18.0 Å². The summed E-state index contributed by atoms with van der Waals surface area (Å²) in [6.07, 6.45) is 2.32. The summed E-state index contributed by atoms with van der Waals surface area (Å²) in [5.74, 6) is -0.381. The van der Waals surface area contributed by atoms with Crippen LogP contribution < -0.4 is 5.32 Å². The number of carbonyl (C=O) groups is 1. The van der Waals surface area contributed by atoms with Crippen molar-refractivity contribution in [3.63, 3.8) is 0 Å². The van der Waals surface area contributed by atoms with E-state index >= 15 is 0 Å². The lowest BCUT2D eigenvalue weighted by Gasteiger charge is -2.19. The minimum absolute atomic E-state index is 0.295. The second-order valence-corrected chi connectivity index (χ2v) is 5.96. The van der Waals surface area contributed by atoms with Gasteiger partial charge in [0.15, 0.2) is 0 Å². The molecule has 0 saturated heterocycles. The number of hydrogen-bond acceptors (Lipinski definition) is 1.